The van der Waals surface area contributed by atoms with Gasteiger partial charge in [-0.15, -0.1) is 0 Å². The second-order valence-corrected chi connectivity index (χ2v) is 5.02. The van der Waals surface area contributed by atoms with E-state index in [4.69, 9.17) is 0 Å². The molecule has 0 saturated heterocycles. The maximum atomic E-state index is 12.9. The summed E-state index contributed by atoms with van der Waals surface area (Å²) in [6.45, 7) is 3.46. The molecule has 2 aromatic rings. The zero-order valence-corrected chi connectivity index (χ0v) is 12.0. The number of amides is 1. The van der Waals surface area contributed by atoms with Crippen LogP contribution >= 0.6 is 0 Å². The number of H-pyrrole nitrogens is 1. The van der Waals surface area contributed by atoms with Gasteiger partial charge in [0.25, 0.3) is 5.91 Å². The van der Waals surface area contributed by atoms with E-state index in [-0.39, 0.29) is 24.7 Å². The normalized spacial score (nSPS) is 13.1. The molecule has 0 aromatic carbocycles. The van der Waals surface area contributed by atoms with Crippen molar-refractivity contribution in [1.29, 1.82) is 0 Å². The summed E-state index contributed by atoms with van der Waals surface area (Å²) >= 11 is 0. The fourth-order valence-electron chi connectivity index (χ4n) is 1.94. The molecule has 0 radical (unpaired) electrons. The summed E-state index contributed by atoms with van der Waals surface area (Å²) in [5.74, 6) is -0.676. The molecule has 10 heteroatoms. The summed E-state index contributed by atoms with van der Waals surface area (Å²) in [4.78, 5) is 11.7. The standard InChI is InChI=1S/C12H15F3N6O/c1-7(4-16-11(22)9-5-17-20-18-9)6-21-10(12(13,14)15)3-8(2)19-21/h3,5,7H,4,6H2,1-2H3,(H,16,22)(H,17,18,20). The molecule has 0 fully saturated rings. The Balaban J connectivity index is 1.95. The van der Waals surface area contributed by atoms with E-state index in [1.807, 2.05) is 0 Å². The van der Waals surface area contributed by atoms with Gasteiger partial charge in [0.15, 0.2) is 5.69 Å². The van der Waals surface area contributed by atoms with Crippen molar-refractivity contribution in [1.82, 2.24) is 30.5 Å². The van der Waals surface area contributed by atoms with Crippen molar-refractivity contribution in [3.05, 3.63) is 29.3 Å². The van der Waals surface area contributed by atoms with Gasteiger partial charge in [-0.2, -0.15) is 33.7 Å². The number of hydrogen-bond donors (Lipinski definition) is 2. The number of hydrogen-bond acceptors (Lipinski definition) is 4. The minimum absolute atomic E-state index is 0.0434. The van der Waals surface area contributed by atoms with Crippen LogP contribution < -0.4 is 5.32 Å². The third-order valence-electron chi connectivity index (χ3n) is 2.94. The van der Waals surface area contributed by atoms with Gasteiger partial charge in [-0.05, 0) is 18.9 Å². The first kappa shape index (κ1) is 16.0. The minimum atomic E-state index is -4.45. The number of halogens is 3. The van der Waals surface area contributed by atoms with E-state index in [2.05, 4.69) is 25.8 Å². The third-order valence-corrected chi connectivity index (χ3v) is 2.94. The summed E-state index contributed by atoms with van der Waals surface area (Å²) in [6.07, 6.45) is -3.19. The van der Waals surface area contributed by atoms with Gasteiger partial charge in [0, 0.05) is 13.1 Å². The van der Waals surface area contributed by atoms with Crippen LogP contribution in [0, 0.1) is 12.8 Å². The lowest BCUT2D eigenvalue weighted by atomic mass is 10.2. The lowest BCUT2D eigenvalue weighted by Gasteiger charge is -2.15. The molecule has 0 saturated carbocycles. The fourth-order valence-corrected chi connectivity index (χ4v) is 1.94. The molecule has 0 bridgehead atoms. The molecule has 1 unspecified atom stereocenters. The van der Waals surface area contributed by atoms with Crippen molar-refractivity contribution in [3.63, 3.8) is 0 Å². The van der Waals surface area contributed by atoms with Gasteiger partial charge in [0.05, 0.1) is 11.9 Å². The van der Waals surface area contributed by atoms with Crippen LogP contribution in [0.3, 0.4) is 0 Å². The first-order valence-electron chi connectivity index (χ1n) is 6.53. The fraction of sp³-hybridized carbons (Fsp3) is 0.500. The van der Waals surface area contributed by atoms with Crippen LogP contribution in [-0.2, 0) is 12.7 Å². The molecule has 0 aliphatic heterocycles. The molecule has 2 N–H and O–H groups in total. The van der Waals surface area contributed by atoms with Crippen LogP contribution in [0.25, 0.3) is 0 Å². The molecule has 0 aliphatic carbocycles. The summed E-state index contributed by atoms with van der Waals surface area (Å²) in [5, 5.41) is 15.9. The smallest absolute Gasteiger partial charge is 0.350 e. The molecule has 1 atom stereocenters. The van der Waals surface area contributed by atoms with E-state index in [0.717, 1.165) is 10.7 Å². The second kappa shape index (κ2) is 6.16. The van der Waals surface area contributed by atoms with E-state index < -0.39 is 17.8 Å². The highest BCUT2D eigenvalue weighted by molar-refractivity contribution is 5.91. The molecular formula is C12H15F3N6O. The number of carbonyl (C=O) groups is 1. The number of nitrogens with one attached hydrogen (secondary N) is 2. The average Bonchev–Trinajstić information content (AvgIpc) is 3.04. The van der Waals surface area contributed by atoms with Crippen molar-refractivity contribution < 1.29 is 18.0 Å². The molecular weight excluding hydrogens is 301 g/mol. The van der Waals surface area contributed by atoms with E-state index >= 15 is 0 Å². The summed E-state index contributed by atoms with van der Waals surface area (Å²) in [6, 6.07) is 1.00. The van der Waals surface area contributed by atoms with Crippen molar-refractivity contribution in [2.45, 2.75) is 26.6 Å². The zero-order chi connectivity index (χ0) is 16.3. The lowest BCUT2D eigenvalue weighted by Crippen LogP contribution is -2.31. The first-order valence-corrected chi connectivity index (χ1v) is 6.53. The molecule has 2 aromatic heterocycles. The molecule has 1 amide bonds. The van der Waals surface area contributed by atoms with Crippen LogP contribution in [-0.4, -0.2) is 37.6 Å². The van der Waals surface area contributed by atoms with Gasteiger partial charge in [0.2, 0.25) is 0 Å². The van der Waals surface area contributed by atoms with Crippen molar-refractivity contribution in [2.75, 3.05) is 6.54 Å². The highest BCUT2D eigenvalue weighted by Gasteiger charge is 2.35. The molecule has 2 rings (SSSR count). The molecule has 2 heterocycles. The van der Waals surface area contributed by atoms with Crippen LogP contribution in [0.4, 0.5) is 13.2 Å². The Kier molecular flexibility index (Phi) is 4.48. The number of alkyl halides is 3. The Morgan fingerprint density at radius 2 is 2.23 bits per heavy atom. The van der Waals surface area contributed by atoms with E-state index in [9.17, 15) is 18.0 Å². The monoisotopic (exact) mass is 316 g/mol. The van der Waals surface area contributed by atoms with E-state index in [0.29, 0.717) is 5.69 Å². The second-order valence-electron chi connectivity index (χ2n) is 5.02. The van der Waals surface area contributed by atoms with Crippen molar-refractivity contribution >= 4 is 5.91 Å². The third kappa shape index (κ3) is 3.83. The number of nitrogens with zero attached hydrogens (tertiary/aromatic N) is 4. The van der Waals surface area contributed by atoms with Crippen LogP contribution in [0.1, 0.15) is 28.8 Å². The molecule has 7 nitrogen and oxygen atoms in total. The van der Waals surface area contributed by atoms with Crippen molar-refractivity contribution in [3.8, 4) is 0 Å². The van der Waals surface area contributed by atoms with Gasteiger partial charge in [-0.25, -0.2) is 0 Å². The highest BCUT2D eigenvalue weighted by Crippen LogP contribution is 2.30. The highest BCUT2D eigenvalue weighted by atomic mass is 19.4. The van der Waals surface area contributed by atoms with Crippen molar-refractivity contribution in [2.24, 2.45) is 5.92 Å². The maximum absolute atomic E-state index is 12.9. The number of aryl methyl sites for hydroxylation is 1. The Labute approximate surface area is 123 Å². The predicted octanol–water partition coefficient (Wildman–Crippen LogP) is 1.39. The Bertz CT molecular complexity index is 634. The number of aromatic amines is 1. The van der Waals surface area contributed by atoms with Crippen LogP contribution in [0.5, 0.6) is 0 Å². The Morgan fingerprint density at radius 1 is 1.50 bits per heavy atom. The summed E-state index contributed by atoms with van der Waals surface area (Å²) in [5.41, 5.74) is -0.371. The van der Waals surface area contributed by atoms with Crippen LogP contribution in [0.15, 0.2) is 12.3 Å². The summed E-state index contributed by atoms with van der Waals surface area (Å²) < 4.78 is 39.5. The Hall–Kier alpha value is -2.39. The Morgan fingerprint density at radius 3 is 2.82 bits per heavy atom. The van der Waals surface area contributed by atoms with Gasteiger partial charge >= 0.3 is 6.18 Å². The van der Waals surface area contributed by atoms with Gasteiger partial charge in [-0.1, -0.05) is 6.92 Å². The number of carbonyl (C=O) groups excluding carboxylic acids is 1. The van der Waals surface area contributed by atoms with Gasteiger partial charge < -0.3 is 5.32 Å². The maximum Gasteiger partial charge on any atom is 0.433 e. The summed E-state index contributed by atoms with van der Waals surface area (Å²) in [7, 11) is 0. The van der Waals surface area contributed by atoms with Gasteiger partial charge in [-0.3, -0.25) is 9.48 Å². The molecule has 0 spiro atoms. The predicted molar refractivity (Wildman–Crippen MR) is 69.8 cm³/mol. The number of rotatable bonds is 5. The molecule has 0 aliphatic rings. The minimum Gasteiger partial charge on any atom is -0.350 e. The quantitative estimate of drug-likeness (QED) is 0.872. The topological polar surface area (TPSA) is 88.5 Å². The lowest BCUT2D eigenvalue weighted by molar-refractivity contribution is -0.144. The molecule has 22 heavy (non-hydrogen) atoms. The average molecular weight is 316 g/mol. The molecule has 120 valence electrons. The van der Waals surface area contributed by atoms with Crippen LogP contribution in [0.2, 0.25) is 0 Å². The SMILES string of the molecule is Cc1cc(C(F)(F)F)n(CC(C)CNC(=O)c2cn[nH]n2)n1. The van der Waals surface area contributed by atoms with E-state index in [1.54, 1.807) is 6.92 Å². The zero-order valence-electron chi connectivity index (χ0n) is 12.0. The first-order chi connectivity index (χ1) is 10.3. The largest absolute Gasteiger partial charge is 0.433 e. The van der Waals surface area contributed by atoms with Gasteiger partial charge in [0.1, 0.15) is 5.69 Å². The number of aromatic nitrogens is 5. The van der Waals surface area contributed by atoms with E-state index in [1.165, 1.54) is 13.1 Å².